The van der Waals surface area contributed by atoms with Gasteiger partial charge in [0.1, 0.15) is 0 Å². The van der Waals surface area contributed by atoms with Crippen molar-refractivity contribution in [2.45, 2.75) is 26.2 Å². The Bertz CT molecular complexity index is 617. The molecule has 0 saturated heterocycles. The second-order valence-corrected chi connectivity index (χ2v) is 5.02. The number of fused-ring (bicyclic) bond motifs is 1. The molecule has 0 spiro atoms. The average Bonchev–Trinajstić information content (AvgIpc) is 2.89. The summed E-state index contributed by atoms with van der Waals surface area (Å²) in [5, 5.41) is 2.94. The van der Waals surface area contributed by atoms with E-state index in [1.807, 2.05) is 12.1 Å². The van der Waals surface area contributed by atoms with Gasteiger partial charge in [0.15, 0.2) is 0 Å². The van der Waals surface area contributed by atoms with E-state index in [4.69, 9.17) is 0 Å². The zero-order valence-corrected chi connectivity index (χ0v) is 11.1. The molecule has 0 unspecified atom stereocenters. The van der Waals surface area contributed by atoms with E-state index in [-0.39, 0.29) is 5.91 Å². The second-order valence-electron chi connectivity index (χ2n) is 5.02. The van der Waals surface area contributed by atoms with E-state index < -0.39 is 0 Å². The predicted octanol–water partition coefficient (Wildman–Crippen LogP) is 3.80. The molecular weight excluding hydrogens is 234 g/mol. The maximum Gasteiger partial charge on any atom is 0.221 e. The fraction of sp³-hybridized carbons (Fsp3) is 0.235. The van der Waals surface area contributed by atoms with Crippen LogP contribution in [0.2, 0.25) is 0 Å². The summed E-state index contributed by atoms with van der Waals surface area (Å²) in [5.41, 5.74) is 6.27. The van der Waals surface area contributed by atoms with E-state index in [0.29, 0.717) is 0 Å². The summed E-state index contributed by atoms with van der Waals surface area (Å²) >= 11 is 0. The number of amides is 1. The first kappa shape index (κ1) is 12.0. The molecule has 0 aliphatic heterocycles. The highest BCUT2D eigenvalue weighted by molar-refractivity contribution is 5.91. The van der Waals surface area contributed by atoms with Gasteiger partial charge in [-0.1, -0.05) is 36.4 Å². The van der Waals surface area contributed by atoms with Crippen LogP contribution >= 0.6 is 0 Å². The highest BCUT2D eigenvalue weighted by Gasteiger charge is 2.19. The fourth-order valence-corrected chi connectivity index (χ4v) is 2.90. The van der Waals surface area contributed by atoms with Crippen molar-refractivity contribution in [2.24, 2.45) is 0 Å². The van der Waals surface area contributed by atoms with Crippen molar-refractivity contribution in [3.63, 3.8) is 0 Å². The largest absolute Gasteiger partial charge is 0.326 e. The van der Waals surface area contributed by atoms with Gasteiger partial charge < -0.3 is 5.32 Å². The van der Waals surface area contributed by atoms with E-state index in [2.05, 4.69) is 35.6 Å². The van der Waals surface area contributed by atoms with E-state index in [9.17, 15) is 4.79 Å². The predicted molar refractivity (Wildman–Crippen MR) is 78.2 cm³/mol. The molecule has 0 saturated carbocycles. The normalized spacial score (nSPS) is 13.1. The highest BCUT2D eigenvalue weighted by atomic mass is 16.1. The van der Waals surface area contributed by atoms with Crippen LogP contribution in [0.3, 0.4) is 0 Å². The summed E-state index contributed by atoms with van der Waals surface area (Å²) in [6.07, 6.45) is 3.34. The lowest BCUT2D eigenvalue weighted by atomic mass is 9.96. The first-order chi connectivity index (χ1) is 9.25. The topological polar surface area (TPSA) is 29.1 Å². The molecule has 19 heavy (non-hydrogen) atoms. The van der Waals surface area contributed by atoms with Crippen molar-refractivity contribution in [2.75, 3.05) is 5.32 Å². The number of anilines is 1. The number of rotatable bonds is 2. The number of benzene rings is 2. The Morgan fingerprint density at radius 2 is 1.74 bits per heavy atom. The number of hydrogen-bond donors (Lipinski definition) is 1. The molecule has 0 heterocycles. The monoisotopic (exact) mass is 251 g/mol. The summed E-state index contributed by atoms with van der Waals surface area (Å²) in [7, 11) is 0. The molecule has 0 radical (unpaired) electrons. The lowest BCUT2D eigenvalue weighted by molar-refractivity contribution is -0.114. The van der Waals surface area contributed by atoms with Crippen LogP contribution in [0.4, 0.5) is 5.69 Å². The summed E-state index contributed by atoms with van der Waals surface area (Å²) in [5.74, 6) is 0.00145. The molecule has 2 nitrogen and oxygen atoms in total. The van der Waals surface area contributed by atoms with Gasteiger partial charge in [-0.05, 0) is 47.6 Å². The number of carbonyl (C=O) groups excluding carboxylic acids is 1. The Hall–Kier alpha value is -2.09. The van der Waals surface area contributed by atoms with E-state index in [1.54, 1.807) is 6.92 Å². The Morgan fingerprint density at radius 1 is 1.00 bits per heavy atom. The summed E-state index contributed by atoms with van der Waals surface area (Å²) < 4.78 is 0. The zero-order valence-electron chi connectivity index (χ0n) is 11.1. The fourth-order valence-electron chi connectivity index (χ4n) is 2.90. The smallest absolute Gasteiger partial charge is 0.221 e. The molecular formula is C17H17NO. The average molecular weight is 251 g/mol. The third-order valence-corrected chi connectivity index (χ3v) is 3.68. The molecule has 2 aromatic carbocycles. The van der Waals surface area contributed by atoms with Gasteiger partial charge in [0.25, 0.3) is 0 Å². The lowest BCUT2D eigenvalue weighted by Gasteiger charge is -2.13. The van der Waals surface area contributed by atoms with Crippen LogP contribution in [0.25, 0.3) is 11.1 Å². The van der Waals surface area contributed by atoms with E-state index in [0.717, 1.165) is 18.5 Å². The molecule has 0 atom stereocenters. The van der Waals surface area contributed by atoms with Gasteiger partial charge in [0, 0.05) is 12.6 Å². The summed E-state index contributed by atoms with van der Waals surface area (Å²) in [4.78, 5) is 11.3. The van der Waals surface area contributed by atoms with Gasteiger partial charge in [-0.15, -0.1) is 0 Å². The summed E-state index contributed by atoms with van der Waals surface area (Å²) in [6, 6.07) is 14.6. The first-order valence-electron chi connectivity index (χ1n) is 6.73. The number of carbonyl (C=O) groups is 1. The van der Waals surface area contributed by atoms with Gasteiger partial charge in [0.05, 0.1) is 0 Å². The highest BCUT2D eigenvalue weighted by Crippen LogP contribution is 2.36. The molecule has 0 fully saturated rings. The second kappa shape index (κ2) is 4.88. The van der Waals surface area contributed by atoms with Crippen LogP contribution in [-0.4, -0.2) is 5.91 Å². The zero-order chi connectivity index (χ0) is 13.2. The van der Waals surface area contributed by atoms with Crippen LogP contribution in [0.15, 0.2) is 42.5 Å². The van der Waals surface area contributed by atoms with Gasteiger partial charge in [-0.2, -0.15) is 0 Å². The molecule has 1 N–H and O–H groups in total. The minimum atomic E-state index is 0.00145. The van der Waals surface area contributed by atoms with Gasteiger partial charge in [0.2, 0.25) is 5.91 Å². The number of hydrogen-bond acceptors (Lipinski definition) is 1. The lowest BCUT2D eigenvalue weighted by Crippen LogP contribution is -2.08. The third-order valence-electron chi connectivity index (χ3n) is 3.68. The molecule has 0 aromatic heterocycles. The van der Waals surface area contributed by atoms with Crippen molar-refractivity contribution >= 4 is 11.6 Å². The Balaban J connectivity index is 2.09. The molecule has 1 aliphatic carbocycles. The van der Waals surface area contributed by atoms with Crippen LogP contribution in [0.5, 0.6) is 0 Å². The van der Waals surface area contributed by atoms with E-state index in [1.165, 1.54) is 28.7 Å². The van der Waals surface area contributed by atoms with Gasteiger partial charge in [-0.25, -0.2) is 0 Å². The van der Waals surface area contributed by atoms with Crippen molar-refractivity contribution in [3.05, 3.63) is 53.6 Å². The van der Waals surface area contributed by atoms with Crippen LogP contribution < -0.4 is 5.32 Å². The minimum Gasteiger partial charge on any atom is -0.326 e. The summed E-state index contributed by atoms with van der Waals surface area (Å²) in [6.45, 7) is 1.56. The maximum atomic E-state index is 11.3. The SMILES string of the molecule is CC(=O)Nc1ccc(-c2ccccc2)c2c1CCC2. The van der Waals surface area contributed by atoms with Gasteiger partial charge >= 0.3 is 0 Å². The van der Waals surface area contributed by atoms with Crippen LogP contribution in [0.1, 0.15) is 24.5 Å². The van der Waals surface area contributed by atoms with Crippen molar-refractivity contribution in [1.29, 1.82) is 0 Å². The third kappa shape index (κ3) is 2.26. The number of nitrogens with one attached hydrogen (secondary N) is 1. The molecule has 0 bridgehead atoms. The quantitative estimate of drug-likeness (QED) is 0.864. The van der Waals surface area contributed by atoms with Gasteiger partial charge in [-0.3, -0.25) is 4.79 Å². The van der Waals surface area contributed by atoms with Crippen LogP contribution in [-0.2, 0) is 17.6 Å². The Kier molecular flexibility index (Phi) is 3.08. The minimum absolute atomic E-state index is 0.00145. The molecule has 96 valence electrons. The molecule has 2 heteroatoms. The first-order valence-corrected chi connectivity index (χ1v) is 6.73. The van der Waals surface area contributed by atoms with Crippen molar-refractivity contribution < 1.29 is 4.79 Å². The van der Waals surface area contributed by atoms with Crippen molar-refractivity contribution in [3.8, 4) is 11.1 Å². The van der Waals surface area contributed by atoms with E-state index >= 15 is 0 Å². The molecule has 2 aromatic rings. The standard InChI is InChI=1S/C17H17NO/c1-12(19)18-17-11-10-14(13-6-3-2-4-7-13)15-8-5-9-16(15)17/h2-4,6-7,10-11H,5,8-9H2,1H3,(H,18,19). The molecule has 1 amide bonds. The Labute approximate surface area is 113 Å². The van der Waals surface area contributed by atoms with Crippen molar-refractivity contribution in [1.82, 2.24) is 0 Å². The molecule has 1 aliphatic rings. The molecule has 3 rings (SSSR count). The van der Waals surface area contributed by atoms with Crippen LogP contribution in [0, 0.1) is 0 Å². The Morgan fingerprint density at radius 3 is 2.47 bits per heavy atom. The maximum absolute atomic E-state index is 11.3.